The van der Waals surface area contributed by atoms with E-state index >= 15 is 0 Å². The van der Waals surface area contributed by atoms with Gasteiger partial charge in [0.15, 0.2) is 0 Å². The largest absolute Gasteiger partial charge is 0.314 e. The predicted molar refractivity (Wildman–Crippen MR) is 85.6 cm³/mol. The molecule has 1 saturated carbocycles. The number of rotatable bonds is 8. The third kappa shape index (κ3) is 6.76. The highest BCUT2D eigenvalue weighted by atomic mass is 15.1. The van der Waals surface area contributed by atoms with Crippen LogP contribution in [0, 0.1) is 11.8 Å². The molecule has 0 spiro atoms. The van der Waals surface area contributed by atoms with Gasteiger partial charge in [-0.05, 0) is 51.6 Å². The zero-order valence-corrected chi connectivity index (χ0v) is 13.9. The van der Waals surface area contributed by atoms with E-state index < -0.39 is 0 Å². The molecule has 1 unspecified atom stereocenters. The Labute approximate surface area is 121 Å². The molecule has 0 aromatic heterocycles. The Kier molecular flexibility index (Phi) is 8.01. The highest BCUT2D eigenvalue weighted by Crippen LogP contribution is 2.31. The van der Waals surface area contributed by atoms with Crippen molar-refractivity contribution in [2.45, 2.75) is 78.3 Å². The lowest BCUT2D eigenvalue weighted by molar-refractivity contribution is 0.166. The van der Waals surface area contributed by atoms with Gasteiger partial charge in [-0.1, -0.05) is 40.0 Å². The van der Waals surface area contributed by atoms with Crippen LogP contribution in [0.25, 0.3) is 0 Å². The van der Waals surface area contributed by atoms with E-state index in [1.807, 2.05) is 0 Å². The van der Waals surface area contributed by atoms with Crippen molar-refractivity contribution in [1.82, 2.24) is 10.2 Å². The van der Waals surface area contributed by atoms with Crippen LogP contribution in [0.1, 0.15) is 66.2 Å². The van der Waals surface area contributed by atoms with E-state index in [2.05, 4.69) is 45.0 Å². The van der Waals surface area contributed by atoms with Crippen LogP contribution in [0.5, 0.6) is 0 Å². The van der Waals surface area contributed by atoms with E-state index in [0.717, 1.165) is 18.4 Å². The molecule has 1 aliphatic rings. The predicted octanol–water partition coefficient (Wildman–Crippen LogP) is 3.91. The average molecular weight is 268 g/mol. The van der Waals surface area contributed by atoms with Gasteiger partial charge in [0.05, 0.1) is 0 Å². The summed E-state index contributed by atoms with van der Waals surface area (Å²) in [6.45, 7) is 11.6. The molecule has 0 radical (unpaired) electrons. The van der Waals surface area contributed by atoms with Crippen LogP contribution < -0.4 is 5.32 Å². The summed E-state index contributed by atoms with van der Waals surface area (Å²) in [5.74, 6) is 1.97. The van der Waals surface area contributed by atoms with E-state index in [9.17, 15) is 0 Å². The van der Waals surface area contributed by atoms with Crippen LogP contribution in [0.4, 0.5) is 0 Å². The SMILES string of the molecule is CCC1CCC(CN(C)C(C)CCNC(C)C)CC1. The van der Waals surface area contributed by atoms with E-state index in [4.69, 9.17) is 0 Å². The van der Waals surface area contributed by atoms with Gasteiger partial charge in [-0.2, -0.15) is 0 Å². The molecule has 2 heteroatoms. The van der Waals surface area contributed by atoms with Crippen LogP contribution >= 0.6 is 0 Å². The van der Waals surface area contributed by atoms with Crippen molar-refractivity contribution in [3.8, 4) is 0 Å². The summed E-state index contributed by atoms with van der Waals surface area (Å²) in [4.78, 5) is 2.58. The molecule has 0 amide bonds. The van der Waals surface area contributed by atoms with Crippen LogP contribution in [0.2, 0.25) is 0 Å². The minimum atomic E-state index is 0.613. The van der Waals surface area contributed by atoms with Gasteiger partial charge in [0.1, 0.15) is 0 Å². The zero-order chi connectivity index (χ0) is 14.3. The Morgan fingerprint density at radius 3 is 2.16 bits per heavy atom. The first kappa shape index (κ1) is 17.0. The monoisotopic (exact) mass is 268 g/mol. The summed E-state index contributed by atoms with van der Waals surface area (Å²) in [7, 11) is 2.31. The van der Waals surface area contributed by atoms with Gasteiger partial charge < -0.3 is 10.2 Å². The van der Waals surface area contributed by atoms with Crippen molar-refractivity contribution in [2.24, 2.45) is 11.8 Å². The summed E-state index contributed by atoms with van der Waals surface area (Å²) in [6.07, 6.45) is 8.51. The van der Waals surface area contributed by atoms with Crippen molar-refractivity contribution < 1.29 is 0 Å². The lowest BCUT2D eigenvalue weighted by Crippen LogP contribution is -2.37. The third-order valence-electron chi connectivity index (χ3n) is 4.96. The molecule has 0 heterocycles. The first-order valence-corrected chi connectivity index (χ1v) is 8.46. The average Bonchev–Trinajstić information content (AvgIpc) is 2.39. The van der Waals surface area contributed by atoms with E-state index in [0.29, 0.717) is 12.1 Å². The third-order valence-corrected chi connectivity index (χ3v) is 4.96. The Morgan fingerprint density at radius 2 is 1.63 bits per heavy atom. The van der Waals surface area contributed by atoms with Gasteiger partial charge >= 0.3 is 0 Å². The lowest BCUT2D eigenvalue weighted by atomic mass is 9.80. The van der Waals surface area contributed by atoms with Gasteiger partial charge in [-0.3, -0.25) is 0 Å². The maximum Gasteiger partial charge on any atom is 0.00760 e. The molecule has 1 rings (SSSR count). The second kappa shape index (κ2) is 8.97. The molecular weight excluding hydrogens is 232 g/mol. The van der Waals surface area contributed by atoms with Crippen LogP contribution in [-0.2, 0) is 0 Å². The maximum atomic E-state index is 3.52. The molecule has 1 aliphatic carbocycles. The minimum absolute atomic E-state index is 0.613. The van der Waals surface area contributed by atoms with Gasteiger partial charge in [-0.25, -0.2) is 0 Å². The van der Waals surface area contributed by atoms with Crippen molar-refractivity contribution in [3.63, 3.8) is 0 Å². The van der Waals surface area contributed by atoms with E-state index in [-0.39, 0.29) is 0 Å². The van der Waals surface area contributed by atoms with Crippen LogP contribution in [-0.4, -0.2) is 37.1 Å². The van der Waals surface area contributed by atoms with E-state index in [1.165, 1.54) is 45.1 Å². The van der Waals surface area contributed by atoms with Gasteiger partial charge in [0.25, 0.3) is 0 Å². The molecule has 1 N–H and O–H groups in total. The first-order valence-electron chi connectivity index (χ1n) is 8.46. The standard InChI is InChI=1S/C17H36N2/c1-6-16-7-9-17(10-8-16)13-19(5)15(4)11-12-18-14(2)3/h14-18H,6-13H2,1-5H3. The molecule has 0 aromatic rings. The Morgan fingerprint density at radius 1 is 1.05 bits per heavy atom. The molecule has 1 fully saturated rings. The highest BCUT2D eigenvalue weighted by Gasteiger charge is 2.22. The number of hydrogen-bond donors (Lipinski definition) is 1. The second-order valence-electron chi connectivity index (χ2n) is 6.98. The zero-order valence-electron chi connectivity index (χ0n) is 13.9. The molecule has 0 aromatic carbocycles. The Hall–Kier alpha value is -0.0800. The summed E-state index contributed by atoms with van der Waals surface area (Å²) < 4.78 is 0. The van der Waals surface area contributed by atoms with Crippen molar-refractivity contribution in [2.75, 3.05) is 20.1 Å². The fourth-order valence-corrected chi connectivity index (χ4v) is 3.21. The van der Waals surface area contributed by atoms with Crippen molar-refractivity contribution >= 4 is 0 Å². The maximum absolute atomic E-state index is 3.52. The van der Waals surface area contributed by atoms with E-state index in [1.54, 1.807) is 0 Å². The van der Waals surface area contributed by atoms with Gasteiger partial charge in [0, 0.05) is 18.6 Å². The minimum Gasteiger partial charge on any atom is -0.314 e. The number of nitrogens with one attached hydrogen (secondary N) is 1. The Bertz CT molecular complexity index is 219. The molecule has 114 valence electrons. The quantitative estimate of drug-likeness (QED) is 0.718. The normalized spacial score (nSPS) is 26.1. The molecule has 0 aliphatic heterocycles. The molecule has 19 heavy (non-hydrogen) atoms. The fraction of sp³-hybridized carbons (Fsp3) is 1.00. The summed E-state index contributed by atoms with van der Waals surface area (Å²) in [5.41, 5.74) is 0. The smallest absolute Gasteiger partial charge is 0.00760 e. The Balaban J connectivity index is 2.17. The number of hydrogen-bond acceptors (Lipinski definition) is 2. The van der Waals surface area contributed by atoms with Gasteiger partial charge in [-0.15, -0.1) is 0 Å². The topological polar surface area (TPSA) is 15.3 Å². The lowest BCUT2D eigenvalue weighted by Gasteiger charge is -2.33. The van der Waals surface area contributed by atoms with Crippen LogP contribution in [0.3, 0.4) is 0 Å². The fourth-order valence-electron chi connectivity index (χ4n) is 3.21. The molecule has 0 bridgehead atoms. The number of nitrogens with zero attached hydrogens (tertiary/aromatic N) is 1. The van der Waals surface area contributed by atoms with Gasteiger partial charge in [0.2, 0.25) is 0 Å². The summed E-state index contributed by atoms with van der Waals surface area (Å²) in [5, 5.41) is 3.52. The second-order valence-corrected chi connectivity index (χ2v) is 6.98. The first-order chi connectivity index (χ1) is 9.02. The van der Waals surface area contributed by atoms with Crippen molar-refractivity contribution in [1.29, 1.82) is 0 Å². The molecule has 1 atom stereocenters. The molecular formula is C17H36N2. The summed E-state index contributed by atoms with van der Waals surface area (Å²) in [6, 6.07) is 1.32. The van der Waals surface area contributed by atoms with Crippen LogP contribution in [0.15, 0.2) is 0 Å². The molecule has 0 saturated heterocycles. The molecule has 2 nitrogen and oxygen atoms in total. The summed E-state index contributed by atoms with van der Waals surface area (Å²) >= 11 is 0. The highest BCUT2D eigenvalue weighted by molar-refractivity contribution is 4.76. The van der Waals surface area contributed by atoms with Crippen molar-refractivity contribution in [3.05, 3.63) is 0 Å².